The number of anilines is 1. The maximum Gasteiger partial charge on any atom is 0.256 e. The molecule has 0 saturated carbocycles. The minimum Gasteiger partial charge on any atom is -0.496 e. The lowest BCUT2D eigenvalue weighted by Crippen LogP contribution is -2.60. The summed E-state index contributed by atoms with van der Waals surface area (Å²) in [6, 6.07) is 9.54. The summed E-state index contributed by atoms with van der Waals surface area (Å²) in [6.45, 7) is 5.64. The number of hydrogen-bond donors (Lipinski definition) is 1. The van der Waals surface area contributed by atoms with Crippen LogP contribution in [0, 0.1) is 5.41 Å². The van der Waals surface area contributed by atoms with E-state index in [0.29, 0.717) is 43.9 Å². The summed E-state index contributed by atoms with van der Waals surface area (Å²) in [5.41, 5.74) is 7.35. The van der Waals surface area contributed by atoms with Gasteiger partial charge in [-0.25, -0.2) is 0 Å². The van der Waals surface area contributed by atoms with Gasteiger partial charge in [0.25, 0.3) is 11.5 Å². The van der Waals surface area contributed by atoms with E-state index in [0.717, 1.165) is 84.0 Å². The number of piperidine rings is 2. The summed E-state index contributed by atoms with van der Waals surface area (Å²) in [7, 11) is 5.14. The summed E-state index contributed by atoms with van der Waals surface area (Å²) in [6.07, 6.45) is 4.63. The Morgan fingerprint density at radius 1 is 0.939 bits per heavy atom. The first-order valence-corrected chi connectivity index (χ1v) is 17.0. The van der Waals surface area contributed by atoms with Crippen molar-refractivity contribution in [1.29, 1.82) is 0 Å². The summed E-state index contributed by atoms with van der Waals surface area (Å²) in [5, 5.41) is 2.37. The highest BCUT2D eigenvalue weighted by Crippen LogP contribution is 2.45. The number of nitrogens with zero attached hydrogens (tertiary/aromatic N) is 4. The van der Waals surface area contributed by atoms with Gasteiger partial charge in [0.05, 0.1) is 33.0 Å². The van der Waals surface area contributed by atoms with Gasteiger partial charge >= 0.3 is 0 Å². The van der Waals surface area contributed by atoms with Crippen molar-refractivity contribution in [2.45, 2.75) is 58.0 Å². The number of aromatic nitrogens is 1. The minimum atomic E-state index is -0.604. The van der Waals surface area contributed by atoms with Gasteiger partial charge < -0.3 is 28.6 Å². The average molecular weight is 668 g/mol. The number of aryl methyl sites for hydroxylation is 1. The Kier molecular flexibility index (Phi) is 7.75. The SMILES string of the molecule is COc1cc(-c2cn(C)c(=O)c3c2COC3)cc(OC)c1CN1CCC2(CC1)CN(c1ccc3c(c1)C(=O)N(C1CCC(=O)NC1=O)C3)C2. The average Bonchev–Trinajstić information content (AvgIpc) is 3.71. The van der Waals surface area contributed by atoms with Crippen LogP contribution in [-0.2, 0) is 47.7 Å². The lowest BCUT2D eigenvalue weighted by atomic mass is 9.71. The molecule has 5 aliphatic rings. The third kappa shape index (κ3) is 5.37. The summed E-state index contributed by atoms with van der Waals surface area (Å²) in [4.78, 5) is 56.5. The number of carbonyl (C=O) groups excluding carboxylic acids is 3. The predicted molar refractivity (Wildman–Crippen MR) is 180 cm³/mol. The van der Waals surface area contributed by atoms with Gasteiger partial charge in [-0.15, -0.1) is 0 Å². The normalized spacial score (nSPS) is 21.4. The molecule has 1 unspecified atom stereocenters. The van der Waals surface area contributed by atoms with E-state index < -0.39 is 6.04 Å². The zero-order valence-corrected chi connectivity index (χ0v) is 28.2. The molecule has 8 rings (SSSR count). The molecule has 0 bridgehead atoms. The number of nitrogens with one attached hydrogen (secondary N) is 1. The standard InChI is InChI=1S/C37H41N5O7/c1-39-16-26(28-18-49-19-29(28)35(39)45)23-12-31(47-2)27(32(13-23)48-3)17-40-10-8-37(9-11-40)20-41(21-37)24-5-4-22-15-42(36(46)25(22)14-24)30-6-7-33(43)38-34(30)44/h4-5,12-14,16,30H,6-11,15,17-21H2,1-3H3,(H,38,43,44). The highest BCUT2D eigenvalue weighted by molar-refractivity contribution is 6.05. The third-order valence-corrected chi connectivity index (χ3v) is 11.2. The number of likely N-dealkylation sites (tertiary alicyclic amines) is 1. The van der Waals surface area contributed by atoms with Crippen molar-refractivity contribution in [2.75, 3.05) is 45.3 Å². The van der Waals surface area contributed by atoms with E-state index in [1.54, 1.807) is 30.7 Å². The van der Waals surface area contributed by atoms with Gasteiger partial charge in [0.2, 0.25) is 11.8 Å². The lowest BCUT2D eigenvalue weighted by molar-refractivity contribution is -0.136. The molecule has 0 radical (unpaired) electrons. The lowest BCUT2D eigenvalue weighted by Gasteiger charge is -2.55. The molecule has 3 amide bonds. The van der Waals surface area contributed by atoms with Crippen molar-refractivity contribution < 1.29 is 28.6 Å². The first-order valence-electron chi connectivity index (χ1n) is 17.0. The quantitative estimate of drug-likeness (QED) is 0.379. The number of carbonyl (C=O) groups is 3. The first-order chi connectivity index (χ1) is 23.7. The van der Waals surface area contributed by atoms with Gasteiger partial charge in [0.15, 0.2) is 0 Å². The Labute approximate surface area is 284 Å². The van der Waals surface area contributed by atoms with E-state index >= 15 is 0 Å². The molecule has 1 atom stereocenters. The topological polar surface area (TPSA) is 123 Å². The Morgan fingerprint density at radius 2 is 1.65 bits per heavy atom. The number of ether oxygens (including phenoxy) is 3. The number of benzene rings is 2. The molecular formula is C37H41N5O7. The van der Waals surface area contributed by atoms with Crippen molar-refractivity contribution in [3.63, 3.8) is 0 Å². The Bertz CT molecular complexity index is 1910. The monoisotopic (exact) mass is 667 g/mol. The fourth-order valence-corrected chi connectivity index (χ4v) is 8.36. The zero-order valence-electron chi connectivity index (χ0n) is 28.2. The molecule has 0 aliphatic carbocycles. The summed E-state index contributed by atoms with van der Waals surface area (Å²) in [5.74, 6) is 0.710. The minimum absolute atomic E-state index is 0.0231. The van der Waals surface area contributed by atoms with E-state index in [2.05, 4.69) is 21.2 Å². The van der Waals surface area contributed by atoms with E-state index in [1.807, 2.05) is 30.5 Å². The van der Waals surface area contributed by atoms with Gasteiger partial charge in [0, 0.05) is 73.6 Å². The number of hydrogen-bond acceptors (Lipinski definition) is 9. The van der Waals surface area contributed by atoms with Crippen LogP contribution >= 0.6 is 0 Å². The van der Waals surface area contributed by atoms with Crippen LogP contribution in [0.2, 0.25) is 0 Å². The first kappa shape index (κ1) is 31.6. The van der Waals surface area contributed by atoms with Crippen LogP contribution in [0.25, 0.3) is 11.1 Å². The van der Waals surface area contributed by atoms with Crippen molar-refractivity contribution in [2.24, 2.45) is 12.5 Å². The molecule has 3 fully saturated rings. The van der Waals surface area contributed by atoms with E-state index in [1.165, 1.54) is 0 Å². The predicted octanol–water partition coefficient (Wildman–Crippen LogP) is 2.96. The molecule has 1 N–H and O–H groups in total. The van der Waals surface area contributed by atoms with Gasteiger partial charge in [0.1, 0.15) is 17.5 Å². The highest BCUT2D eigenvalue weighted by atomic mass is 16.5. The van der Waals surface area contributed by atoms with Crippen LogP contribution in [0.3, 0.4) is 0 Å². The molecule has 1 spiro atoms. The second-order valence-electron chi connectivity index (χ2n) is 14.1. The Hall–Kier alpha value is -4.68. The molecule has 12 nitrogen and oxygen atoms in total. The largest absolute Gasteiger partial charge is 0.496 e. The number of rotatable bonds is 7. The maximum absolute atomic E-state index is 13.3. The molecular weight excluding hydrogens is 626 g/mol. The third-order valence-electron chi connectivity index (χ3n) is 11.2. The van der Waals surface area contributed by atoms with Gasteiger partial charge in [-0.05, 0) is 73.3 Å². The second-order valence-corrected chi connectivity index (χ2v) is 14.1. The van der Waals surface area contributed by atoms with E-state index in [-0.39, 0.29) is 35.1 Å². The number of methoxy groups -OCH3 is 2. The van der Waals surface area contributed by atoms with Crippen LogP contribution in [0.1, 0.15) is 58.3 Å². The van der Waals surface area contributed by atoms with Crippen molar-refractivity contribution in [1.82, 2.24) is 19.7 Å². The maximum atomic E-state index is 13.3. The zero-order chi connectivity index (χ0) is 34.0. The van der Waals surface area contributed by atoms with Crippen molar-refractivity contribution in [3.8, 4) is 22.6 Å². The Morgan fingerprint density at radius 3 is 2.35 bits per heavy atom. The molecule has 1 aromatic heterocycles. The van der Waals surface area contributed by atoms with E-state index in [4.69, 9.17) is 14.2 Å². The number of pyridine rings is 1. The molecule has 3 saturated heterocycles. The van der Waals surface area contributed by atoms with Gasteiger partial charge in [-0.3, -0.25) is 29.4 Å². The fourth-order valence-electron chi connectivity index (χ4n) is 8.36. The molecule has 2 aromatic carbocycles. The van der Waals surface area contributed by atoms with Crippen LogP contribution < -0.4 is 25.2 Å². The van der Waals surface area contributed by atoms with Gasteiger partial charge in [-0.2, -0.15) is 0 Å². The summed E-state index contributed by atoms with van der Waals surface area (Å²) >= 11 is 0. The molecule has 12 heteroatoms. The second kappa shape index (κ2) is 12.0. The fraction of sp³-hybridized carbons (Fsp3) is 0.459. The summed E-state index contributed by atoms with van der Waals surface area (Å²) < 4.78 is 19.1. The number of imide groups is 1. The highest BCUT2D eigenvalue weighted by Gasteiger charge is 2.46. The van der Waals surface area contributed by atoms with Crippen molar-refractivity contribution in [3.05, 3.63) is 74.7 Å². The van der Waals surface area contributed by atoms with Gasteiger partial charge in [-0.1, -0.05) is 6.07 Å². The van der Waals surface area contributed by atoms with Crippen LogP contribution in [0.4, 0.5) is 5.69 Å². The smallest absolute Gasteiger partial charge is 0.256 e. The molecule has 3 aromatic rings. The van der Waals surface area contributed by atoms with E-state index in [9.17, 15) is 19.2 Å². The molecule has 49 heavy (non-hydrogen) atoms. The van der Waals surface area contributed by atoms with Crippen LogP contribution in [-0.4, -0.2) is 78.5 Å². The molecule has 6 heterocycles. The Balaban J connectivity index is 0.920. The number of fused-ring (bicyclic) bond motifs is 2. The van der Waals surface area contributed by atoms with Crippen LogP contribution in [0.15, 0.2) is 41.3 Å². The van der Waals surface area contributed by atoms with Crippen molar-refractivity contribution >= 4 is 23.4 Å². The van der Waals surface area contributed by atoms with Crippen LogP contribution in [0.5, 0.6) is 11.5 Å². The number of amides is 3. The molecule has 5 aliphatic heterocycles. The molecule has 256 valence electrons.